The van der Waals surface area contributed by atoms with Crippen molar-refractivity contribution in [2.24, 2.45) is 0 Å². The van der Waals surface area contributed by atoms with Crippen LogP contribution in [-0.2, 0) is 19.6 Å². The molecule has 1 N–H and O–H groups in total. The van der Waals surface area contributed by atoms with E-state index in [4.69, 9.17) is 27.9 Å². The Hall–Kier alpha value is -4.52. The maximum absolute atomic E-state index is 13.7. The van der Waals surface area contributed by atoms with Crippen molar-refractivity contribution in [1.29, 1.82) is 5.26 Å². The summed E-state index contributed by atoms with van der Waals surface area (Å²) < 4.78 is 8.11. The molecule has 40 heavy (non-hydrogen) atoms. The number of aromatic nitrogens is 2. The Morgan fingerprint density at radius 2 is 1.80 bits per heavy atom. The van der Waals surface area contributed by atoms with Crippen LogP contribution in [-0.4, -0.2) is 39.5 Å². The minimum absolute atomic E-state index is 0.0319. The average Bonchev–Trinajstić information content (AvgIpc) is 3.28. The van der Waals surface area contributed by atoms with Crippen LogP contribution in [0.5, 0.6) is 5.75 Å². The molecule has 0 aliphatic carbocycles. The van der Waals surface area contributed by atoms with Gasteiger partial charge in [0, 0.05) is 25.2 Å². The molecular weight excluding hydrogens is 553 g/mol. The minimum atomic E-state index is -0.493. The van der Waals surface area contributed by atoms with E-state index >= 15 is 0 Å². The molecule has 11 heteroatoms. The molecule has 1 aliphatic heterocycles. The van der Waals surface area contributed by atoms with Gasteiger partial charge in [-0.1, -0.05) is 35.3 Å². The standard InChI is InChI=1S/C29H23Cl2N5O4/c1-40-22-8-6-21(7-9-22)36-26(27(37)33-16-19-4-2-3-18(13-19)15-32)25-17-34(11-12-35(25)29(36)39)28(38)20-5-10-23(30)24(31)14-20/h2-10,13-14H,11-12,16-17H2,1H3,(H,33,37). The monoisotopic (exact) mass is 575 g/mol. The number of fused-ring (bicyclic) bond motifs is 1. The Morgan fingerprint density at radius 1 is 1.02 bits per heavy atom. The number of carbonyl (C=O) groups excluding carboxylic acids is 2. The maximum Gasteiger partial charge on any atom is 0.333 e. The number of rotatable bonds is 6. The highest BCUT2D eigenvalue weighted by atomic mass is 35.5. The largest absolute Gasteiger partial charge is 0.497 e. The molecule has 3 aromatic carbocycles. The minimum Gasteiger partial charge on any atom is -0.497 e. The fourth-order valence-corrected chi connectivity index (χ4v) is 4.96. The Morgan fingerprint density at radius 3 is 2.50 bits per heavy atom. The molecular formula is C29H23Cl2N5O4. The number of ether oxygens (including phenoxy) is 1. The zero-order valence-electron chi connectivity index (χ0n) is 21.4. The fraction of sp³-hybridized carbons (Fsp3) is 0.172. The summed E-state index contributed by atoms with van der Waals surface area (Å²) in [5.74, 6) is -0.190. The summed E-state index contributed by atoms with van der Waals surface area (Å²) >= 11 is 12.1. The van der Waals surface area contributed by atoms with Gasteiger partial charge in [-0.25, -0.2) is 4.79 Å². The predicted molar refractivity (Wildman–Crippen MR) is 150 cm³/mol. The molecule has 0 saturated heterocycles. The lowest BCUT2D eigenvalue weighted by atomic mass is 10.1. The van der Waals surface area contributed by atoms with Crippen LogP contribution in [0, 0.1) is 11.3 Å². The van der Waals surface area contributed by atoms with Gasteiger partial charge in [0.05, 0.1) is 46.7 Å². The molecule has 0 fully saturated rings. The quantitative estimate of drug-likeness (QED) is 0.366. The van der Waals surface area contributed by atoms with Crippen molar-refractivity contribution in [3.63, 3.8) is 0 Å². The number of hydrogen-bond donors (Lipinski definition) is 1. The van der Waals surface area contributed by atoms with Gasteiger partial charge in [-0.15, -0.1) is 0 Å². The summed E-state index contributed by atoms with van der Waals surface area (Å²) in [5, 5.41) is 12.7. The molecule has 9 nitrogen and oxygen atoms in total. The normalized spacial score (nSPS) is 12.4. The number of halogens is 2. The van der Waals surface area contributed by atoms with Crippen molar-refractivity contribution in [1.82, 2.24) is 19.4 Å². The fourth-order valence-electron chi connectivity index (χ4n) is 4.67. The number of carbonyl (C=O) groups is 2. The number of nitrogens with zero attached hydrogens (tertiary/aromatic N) is 4. The second-order valence-corrected chi connectivity index (χ2v) is 9.93. The van der Waals surface area contributed by atoms with Crippen LogP contribution in [0.1, 0.15) is 37.7 Å². The molecule has 5 rings (SSSR count). The van der Waals surface area contributed by atoms with Gasteiger partial charge in [-0.3, -0.25) is 18.7 Å². The lowest BCUT2D eigenvalue weighted by Crippen LogP contribution is -2.41. The number of nitrogens with one attached hydrogen (secondary N) is 1. The van der Waals surface area contributed by atoms with Gasteiger partial charge in [0.1, 0.15) is 11.4 Å². The number of hydrogen-bond acceptors (Lipinski definition) is 5. The summed E-state index contributed by atoms with van der Waals surface area (Å²) in [6, 6.07) is 20.4. The second kappa shape index (κ2) is 11.3. The first-order valence-electron chi connectivity index (χ1n) is 12.3. The lowest BCUT2D eigenvalue weighted by Gasteiger charge is -2.28. The Labute approximate surface area is 239 Å². The lowest BCUT2D eigenvalue weighted by molar-refractivity contribution is 0.0706. The van der Waals surface area contributed by atoms with Gasteiger partial charge in [0.15, 0.2) is 0 Å². The van der Waals surface area contributed by atoms with Crippen LogP contribution >= 0.6 is 23.2 Å². The van der Waals surface area contributed by atoms with E-state index in [0.717, 1.165) is 5.56 Å². The van der Waals surface area contributed by atoms with E-state index in [0.29, 0.717) is 33.3 Å². The van der Waals surface area contributed by atoms with Crippen molar-refractivity contribution < 1.29 is 14.3 Å². The van der Waals surface area contributed by atoms with E-state index in [1.807, 2.05) is 0 Å². The smallest absolute Gasteiger partial charge is 0.333 e. The highest BCUT2D eigenvalue weighted by molar-refractivity contribution is 6.42. The van der Waals surface area contributed by atoms with Crippen LogP contribution in [0.15, 0.2) is 71.5 Å². The summed E-state index contributed by atoms with van der Waals surface area (Å²) in [6.07, 6.45) is 0. The molecule has 1 aromatic heterocycles. The van der Waals surface area contributed by atoms with Crippen LogP contribution in [0.25, 0.3) is 5.69 Å². The second-order valence-electron chi connectivity index (χ2n) is 9.11. The third-order valence-corrected chi connectivity index (χ3v) is 7.43. The maximum atomic E-state index is 13.7. The Kier molecular flexibility index (Phi) is 7.65. The van der Waals surface area contributed by atoms with Gasteiger partial charge >= 0.3 is 5.69 Å². The van der Waals surface area contributed by atoms with Crippen LogP contribution in [0.2, 0.25) is 10.0 Å². The predicted octanol–water partition coefficient (Wildman–Crippen LogP) is 4.41. The third kappa shape index (κ3) is 5.19. The molecule has 0 radical (unpaired) electrons. The van der Waals surface area contributed by atoms with E-state index in [2.05, 4.69) is 11.4 Å². The van der Waals surface area contributed by atoms with E-state index in [1.165, 1.54) is 22.3 Å². The number of methoxy groups -OCH3 is 1. The van der Waals surface area contributed by atoms with E-state index in [1.54, 1.807) is 65.6 Å². The average molecular weight is 576 g/mol. The molecule has 202 valence electrons. The summed E-state index contributed by atoms with van der Waals surface area (Å²) in [7, 11) is 1.54. The third-order valence-electron chi connectivity index (χ3n) is 6.69. The van der Waals surface area contributed by atoms with Crippen molar-refractivity contribution in [2.45, 2.75) is 19.6 Å². The molecule has 1 aliphatic rings. The number of amides is 2. The first-order chi connectivity index (χ1) is 19.3. The van der Waals surface area contributed by atoms with Gasteiger partial charge in [0.25, 0.3) is 11.8 Å². The van der Waals surface area contributed by atoms with Crippen LogP contribution < -0.4 is 15.7 Å². The molecule has 0 bridgehead atoms. The summed E-state index contributed by atoms with van der Waals surface area (Å²) in [5.41, 5.74) is 2.17. The molecule has 4 aromatic rings. The molecule has 0 spiro atoms. The van der Waals surface area contributed by atoms with Crippen LogP contribution in [0.4, 0.5) is 0 Å². The van der Waals surface area contributed by atoms with Crippen molar-refractivity contribution >= 4 is 35.0 Å². The molecule has 2 amide bonds. The Bertz CT molecular complexity index is 1720. The van der Waals surface area contributed by atoms with E-state index in [-0.39, 0.29) is 42.8 Å². The molecule has 0 saturated carbocycles. The number of benzene rings is 3. The first kappa shape index (κ1) is 27.1. The topological polar surface area (TPSA) is 109 Å². The van der Waals surface area contributed by atoms with Gasteiger partial charge in [0.2, 0.25) is 0 Å². The summed E-state index contributed by atoms with van der Waals surface area (Å²) in [4.78, 5) is 42.2. The SMILES string of the molecule is COc1ccc(-n2c(C(=O)NCc3cccc(C#N)c3)c3n(c2=O)CCN(C(=O)c2ccc(Cl)c(Cl)c2)C3)cc1. The first-order valence-corrected chi connectivity index (χ1v) is 13.1. The Balaban J connectivity index is 1.53. The molecule has 0 unspecified atom stereocenters. The highest BCUT2D eigenvalue weighted by Crippen LogP contribution is 2.26. The number of imidazole rings is 1. The molecule has 2 heterocycles. The van der Waals surface area contributed by atoms with Crippen molar-refractivity contribution in [3.05, 3.63) is 115 Å². The van der Waals surface area contributed by atoms with Crippen molar-refractivity contribution in [2.75, 3.05) is 13.7 Å². The zero-order chi connectivity index (χ0) is 28.4. The number of nitriles is 1. The van der Waals surface area contributed by atoms with Gasteiger partial charge < -0.3 is 15.0 Å². The summed E-state index contributed by atoms with van der Waals surface area (Å²) in [6.45, 7) is 0.640. The van der Waals surface area contributed by atoms with Crippen molar-refractivity contribution in [3.8, 4) is 17.5 Å². The zero-order valence-corrected chi connectivity index (χ0v) is 22.9. The molecule has 0 atom stereocenters. The van der Waals surface area contributed by atoms with Gasteiger partial charge in [-0.05, 0) is 60.2 Å². The van der Waals surface area contributed by atoms with E-state index in [9.17, 15) is 19.6 Å². The van der Waals surface area contributed by atoms with E-state index < -0.39 is 11.6 Å². The highest BCUT2D eigenvalue weighted by Gasteiger charge is 2.32. The van der Waals surface area contributed by atoms with Crippen LogP contribution in [0.3, 0.4) is 0 Å². The van der Waals surface area contributed by atoms with Gasteiger partial charge in [-0.2, -0.15) is 5.26 Å².